The number of hydrogen-bond donors (Lipinski definition) is 3. The number of ether oxygens (including phenoxy) is 1. The number of para-hydroxylation sites is 1. The van der Waals surface area contributed by atoms with E-state index >= 15 is 0 Å². The Hall–Kier alpha value is -3.70. The highest BCUT2D eigenvalue weighted by Crippen LogP contribution is 2.23. The lowest BCUT2D eigenvalue weighted by atomic mass is 10.1. The highest BCUT2D eigenvalue weighted by atomic mass is 32.2. The van der Waals surface area contributed by atoms with Gasteiger partial charge in [-0.05, 0) is 42.6 Å². The zero-order chi connectivity index (χ0) is 23.8. The first kappa shape index (κ1) is 24.0. The molecule has 172 valence electrons. The first-order chi connectivity index (χ1) is 15.8. The second-order valence-corrected chi connectivity index (χ2v) is 9.57. The minimum atomic E-state index is -3.81. The van der Waals surface area contributed by atoms with Gasteiger partial charge in [0.15, 0.2) is 6.61 Å². The Morgan fingerprint density at radius 2 is 1.85 bits per heavy atom. The molecule has 0 spiro atoms. The molecule has 0 radical (unpaired) electrons. The first-order valence-electron chi connectivity index (χ1n) is 9.74. The van der Waals surface area contributed by atoms with E-state index < -0.39 is 15.9 Å². The third kappa shape index (κ3) is 6.40. The maximum Gasteiger partial charge on any atom is 0.273 e. The van der Waals surface area contributed by atoms with Crippen LogP contribution in [0, 0.1) is 0 Å². The van der Waals surface area contributed by atoms with Crippen molar-refractivity contribution in [1.82, 2.24) is 10.7 Å². The van der Waals surface area contributed by atoms with Gasteiger partial charge in [-0.15, -0.1) is 11.3 Å². The summed E-state index contributed by atoms with van der Waals surface area (Å²) in [6.45, 7) is 1.58. The number of carbonyl (C=O) groups excluding carboxylic acids is 2. The van der Waals surface area contributed by atoms with Crippen LogP contribution in [0.4, 0.5) is 5.69 Å². The molecule has 3 N–H and O–H groups in total. The summed E-state index contributed by atoms with van der Waals surface area (Å²) >= 11 is 1.08. The summed E-state index contributed by atoms with van der Waals surface area (Å²) in [6, 6.07) is 16.3. The summed E-state index contributed by atoms with van der Waals surface area (Å²) in [5.41, 5.74) is 3.88. The number of hydrogen-bond acceptors (Lipinski definition) is 7. The molecule has 3 aromatic rings. The Labute approximate surface area is 195 Å². The van der Waals surface area contributed by atoms with Crippen LogP contribution >= 0.6 is 11.3 Å². The number of anilines is 1. The van der Waals surface area contributed by atoms with Gasteiger partial charge in [0.05, 0.1) is 17.0 Å². The van der Waals surface area contributed by atoms with Crippen molar-refractivity contribution in [1.29, 1.82) is 0 Å². The number of likely N-dealkylation sites (N-methyl/N-ethyl adjacent to an activating group) is 1. The number of hydrazone groups is 1. The van der Waals surface area contributed by atoms with Gasteiger partial charge in [-0.3, -0.25) is 14.3 Å². The molecule has 0 unspecified atom stereocenters. The Balaban J connectivity index is 1.73. The molecule has 9 nitrogen and oxygen atoms in total. The van der Waals surface area contributed by atoms with Crippen molar-refractivity contribution in [2.75, 3.05) is 18.4 Å². The van der Waals surface area contributed by atoms with E-state index in [-0.39, 0.29) is 28.0 Å². The summed E-state index contributed by atoms with van der Waals surface area (Å²) in [7, 11) is -2.29. The molecule has 1 heterocycles. The van der Waals surface area contributed by atoms with Crippen LogP contribution in [0.5, 0.6) is 5.75 Å². The van der Waals surface area contributed by atoms with Crippen LogP contribution in [0.2, 0.25) is 0 Å². The van der Waals surface area contributed by atoms with Crippen molar-refractivity contribution < 1.29 is 22.7 Å². The van der Waals surface area contributed by atoms with Gasteiger partial charge in [-0.25, -0.2) is 13.8 Å². The van der Waals surface area contributed by atoms with Crippen LogP contribution in [0.15, 0.2) is 75.4 Å². The molecule has 1 aromatic heterocycles. The van der Waals surface area contributed by atoms with Gasteiger partial charge in [0.2, 0.25) is 0 Å². The number of nitrogens with one attached hydrogen (secondary N) is 3. The van der Waals surface area contributed by atoms with Crippen LogP contribution in [-0.4, -0.2) is 39.6 Å². The number of sulfonamides is 1. The van der Waals surface area contributed by atoms with Crippen molar-refractivity contribution in [3.8, 4) is 5.75 Å². The van der Waals surface area contributed by atoms with E-state index in [0.29, 0.717) is 17.0 Å². The highest BCUT2D eigenvalue weighted by Gasteiger charge is 2.19. The molecular formula is C22H22N4O5S2. The topological polar surface area (TPSA) is 126 Å². The van der Waals surface area contributed by atoms with Crippen molar-refractivity contribution in [3.05, 3.63) is 77.2 Å². The zero-order valence-electron chi connectivity index (χ0n) is 17.9. The van der Waals surface area contributed by atoms with Crippen LogP contribution in [-0.2, 0) is 14.8 Å². The first-order valence-corrected chi connectivity index (χ1v) is 12.1. The Kier molecular flexibility index (Phi) is 7.80. The fourth-order valence-corrected chi connectivity index (χ4v) is 4.75. The van der Waals surface area contributed by atoms with Crippen LogP contribution in [0.25, 0.3) is 0 Å². The lowest BCUT2D eigenvalue weighted by Crippen LogP contribution is -2.24. The molecule has 2 amide bonds. The predicted molar refractivity (Wildman–Crippen MR) is 127 cm³/mol. The van der Waals surface area contributed by atoms with E-state index in [2.05, 4.69) is 20.6 Å². The van der Waals surface area contributed by atoms with E-state index in [1.807, 2.05) is 0 Å². The molecule has 3 rings (SSSR count). The van der Waals surface area contributed by atoms with Crippen LogP contribution in [0.1, 0.15) is 22.8 Å². The Bertz CT molecular complexity index is 1270. The second-order valence-electron chi connectivity index (χ2n) is 6.71. The van der Waals surface area contributed by atoms with E-state index in [0.717, 1.165) is 11.3 Å². The number of thiophene rings is 1. The van der Waals surface area contributed by atoms with E-state index in [1.165, 1.54) is 25.2 Å². The summed E-state index contributed by atoms with van der Waals surface area (Å²) in [6.07, 6.45) is 0. The van der Waals surface area contributed by atoms with Crippen molar-refractivity contribution in [2.24, 2.45) is 5.10 Å². The number of nitrogens with zero attached hydrogens (tertiary/aromatic N) is 1. The molecule has 0 atom stereocenters. The average molecular weight is 487 g/mol. The summed E-state index contributed by atoms with van der Waals surface area (Å²) in [5.74, 6) is -0.359. The number of carbonyl (C=O) groups is 2. The molecule has 0 saturated heterocycles. The van der Waals surface area contributed by atoms with E-state index in [1.54, 1.807) is 54.8 Å². The molecule has 33 heavy (non-hydrogen) atoms. The molecule has 0 saturated carbocycles. The smallest absolute Gasteiger partial charge is 0.273 e. The molecule has 0 bridgehead atoms. The third-order valence-corrected chi connectivity index (χ3v) is 7.16. The standard InChI is InChI=1S/C22H22N4O5S2/c1-15(16-7-5-8-17(13-16)31-14-20(27)23-2)24-25-22(28)18-9-3-4-10-19(18)26-33(29,30)21-11-6-12-32-21/h3-13,26H,14H2,1-2H3,(H,23,27)(H,25,28). The lowest BCUT2D eigenvalue weighted by Gasteiger charge is -2.11. The van der Waals surface area contributed by atoms with Gasteiger partial charge in [0.25, 0.3) is 21.8 Å². The SMILES string of the molecule is CNC(=O)COc1cccc(C(C)=NNC(=O)c2ccccc2NS(=O)(=O)c2cccs2)c1. The largest absolute Gasteiger partial charge is 0.484 e. The van der Waals surface area contributed by atoms with Crippen LogP contribution < -0.4 is 20.2 Å². The summed E-state index contributed by atoms with van der Waals surface area (Å²) < 4.78 is 33.1. The quantitative estimate of drug-likeness (QED) is 0.317. The Morgan fingerprint density at radius 3 is 2.58 bits per heavy atom. The predicted octanol–water partition coefficient (Wildman–Crippen LogP) is 2.83. The van der Waals surface area contributed by atoms with Gasteiger partial charge in [-0.1, -0.05) is 30.3 Å². The fraction of sp³-hybridized carbons (Fsp3) is 0.136. The lowest BCUT2D eigenvalue weighted by molar-refractivity contribution is -0.122. The summed E-state index contributed by atoms with van der Waals surface area (Å²) in [4.78, 5) is 24.1. The third-order valence-electron chi connectivity index (χ3n) is 4.40. The Morgan fingerprint density at radius 1 is 1.06 bits per heavy atom. The van der Waals surface area contributed by atoms with Crippen molar-refractivity contribution in [2.45, 2.75) is 11.1 Å². The van der Waals surface area contributed by atoms with Gasteiger partial charge in [-0.2, -0.15) is 5.10 Å². The van der Waals surface area contributed by atoms with E-state index in [4.69, 9.17) is 4.74 Å². The van der Waals surface area contributed by atoms with Crippen molar-refractivity contribution in [3.63, 3.8) is 0 Å². The molecule has 0 aliphatic heterocycles. The maximum atomic E-state index is 12.7. The van der Waals surface area contributed by atoms with Gasteiger partial charge >= 0.3 is 0 Å². The zero-order valence-corrected chi connectivity index (χ0v) is 19.5. The monoisotopic (exact) mass is 486 g/mol. The number of benzene rings is 2. The molecular weight excluding hydrogens is 464 g/mol. The van der Waals surface area contributed by atoms with Gasteiger partial charge < -0.3 is 10.1 Å². The minimum Gasteiger partial charge on any atom is -0.484 e. The van der Waals surface area contributed by atoms with Gasteiger partial charge in [0.1, 0.15) is 9.96 Å². The minimum absolute atomic E-state index is 0.120. The van der Waals surface area contributed by atoms with Crippen molar-refractivity contribution >= 4 is 44.6 Å². The number of rotatable bonds is 9. The molecule has 0 aliphatic carbocycles. The highest BCUT2D eigenvalue weighted by molar-refractivity contribution is 7.94. The molecule has 0 fully saturated rings. The molecule has 11 heteroatoms. The second kappa shape index (κ2) is 10.7. The molecule has 0 aliphatic rings. The fourth-order valence-electron chi connectivity index (χ4n) is 2.67. The average Bonchev–Trinajstić information content (AvgIpc) is 3.37. The van der Waals surface area contributed by atoms with Gasteiger partial charge in [0, 0.05) is 12.6 Å². The van der Waals surface area contributed by atoms with Crippen LogP contribution in [0.3, 0.4) is 0 Å². The molecule has 2 aromatic carbocycles. The van der Waals surface area contributed by atoms with E-state index in [9.17, 15) is 18.0 Å². The number of amides is 2. The maximum absolute atomic E-state index is 12.7. The normalized spacial score (nSPS) is 11.5. The summed E-state index contributed by atoms with van der Waals surface area (Å²) in [5, 5.41) is 8.24.